The molecule has 1 aromatic heterocycles. The molecule has 0 saturated heterocycles. The Morgan fingerprint density at radius 1 is 1.17 bits per heavy atom. The summed E-state index contributed by atoms with van der Waals surface area (Å²) in [6.07, 6.45) is 1.83. The van der Waals surface area contributed by atoms with E-state index in [4.69, 9.17) is 4.74 Å². The van der Waals surface area contributed by atoms with Crippen LogP contribution in [0.5, 0.6) is 5.88 Å². The zero-order valence-electron chi connectivity index (χ0n) is 10.2. The molecule has 0 aliphatic heterocycles. The second-order valence-corrected chi connectivity index (χ2v) is 4.76. The molecule has 0 amide bonds. The monoisotopic (exact) mass is 306 g/mol. The Hall–Kier alpha value is -1.39. The van der Waals surface area contributed by atoms with Crippen LogP contribution in [0.3, 0.4) is 0 Å². The van der Waals surface area contributed by atoms with Crippen LogP contribution >= 0.6 is 15.9 Å². The van der Waals surface area contributed by atoms with Crippen molar-refractivity contribution in [2.75, 3.05) is 7.11 Å². The van der Waals surface area contributed by atoms with Crippen LogP contribution in [0.1, 0.15) is 11.1 Å². The highest BCUT2D eigenvalue weighted by Gasteiger charge is 1.99. The lowest BCUT2D eigenvalue weighted by molar-refractivity contribution is 0.397. The van der Waals surface area contributed by atoms with Crippen LogP contribution in [0.4, 0.5) is 0 Å². The second kappa shape index (κ2) is 6.52. The Labute approximate surface area is 115 Å². The van der Waals surface area contributed by atoms with Gasteiger partial charge in [0.1, 0.15) is 0 Å². The lowest BCUT2D eigenvalue weighted by Gasteiger charge is -2.07. The second-order valence-electron chi connectivity index (χ2n) is 3.90. The molecule has 0 saturated carbocycles. The third kappa shape index (κ3) is 3.55. The summed E-state index contributed by atoms with van der Waals surface area (Å²) in [5, 5.41) is 3.39. The van der Waals surface area contributed by atoms with Gasteiger partial charge in [-0.2, -0.15) is 0 Å². The summed E-state index contributed by atoms with van der Waals surface area (Å²) in [6, 6.07) is 12.1. The van der Waals surface area contributed by atoms with Crippen molar-refractivity contribution in [2.45, 2.75) is 13.1 Å². The molecule has 4 heteroatoms. The third-order valence-electron chi connectivity index (χ3n) is 2.61. The van der Waals surface area contributed by atoms with Crippen LogP contribution < -0.4 is 10.1 Å². The molecule has 0 bridgehead atoms. The van der Waals surface area contributed by atoms with E-state index < -0.39 is 0 Å². The van der Waals surface area contributed by atoms with Crippen molar-refractivity contribution >= 4 is 15.9 Å². The fraction of sp³-hybridized carbons (Fsp3) is 0.214. The summed E-state index contributed by atoms with van der Waals surface area (Å²) in [5.74, 6) is 0.643. The van der Waals surface area contributed by atoms with Crippen LogP contribution in [0.15, 0.2) is 47.1 Å². The first-order chi connectivity index (χ1) is 8.79. The first-order valence-corrected chi connectivity index (χ1v) is 6.52. The van der Waals surface area contributed by atoms with Gasteiger partial charge >= 0.3 is 0 Å². The number of halogens is 1. The van der Waals surface area contributed by atoms with Gasteiger partial charge in [0.05, 0.1) is 7.11 Å². The number of benzene rings is 1. The maximum absolute atomic E-state index is 5.02. The van der Waals surface area contributed by atoms with E-state index in [-0.39, 0.29) is 0 Å². The van der Waals surface area contributed by atoms with E-state index in [0.29, 0.717) is 5.88 Å². The summed E-state index contributed by atoms with van der Waals surface area (Å²) < 4.78 is 6.15. The molecule has 3 nitrogen and oxygen atoms in total. The average molecular weight is 307 g/mol. The van der Waals surface area contributed by atoms with Crippen molar-refractivity contribution in [2.24, 2.45) is 0 Å². The van der Waals surface area contributed by atoms with E-state index in [1.165, 1.54) is 5.56 Å². The molecule has 0 fully saturated rings. The topological polar surface area (TPSA) is 34.1 Å². The van der Waals surface area contributed by atoms with Crippen LogP contribution in [0.2, 0.25) is 0 Å². The highest BCUT2D eigenvalue weighted by atomic mass is 79.9. The maximum Gasteiger partial charge on any atom is 0.212 e. The summed E-state index contributed by atoms with van der Waals surface area (Å²) in [5.41, 5.74) is 2.39. The molecule has 1 aromatic carbocycles. The molecule has 0 atom stereocenters. The first kappa shape index (κ1) is 13.1. The molecule has 18 heavy (non-hydrogen) atoms. The van der Waals surface area contributed by atoms with Crippen molar-refractivity contribution in [1.29, 1.82) is 0 Å². The van der Waals surface area contributed by atoms with Gasteiger partial charge in [-0.05, 0) is 17.2 Å². The number of nitrogens with zero attached hydrogens (tertiary/aromatic N) is 1. The number of aromatic nitrogens is 1. The number of hydrogen-bond acceptors (Lipinski definition) is 3. The van der Waals surface area contributed by atoms with Crippen LogP contribution in [-0.4, -0.2) is 12.1 Å². The molecular formula is C14H15BrN2O. The molecule has 0 aliphatic carbocycles. The number of ether oxygens (including phenoxy) is 1. The van der Waals surface area contributed by atoms with Crippen molar-refractivity contribution in [3.05, 3.63) is 58.2 Å². The Morgan fingerprint density at radius 3 is 2.67 bits per heavy atom. The minimum absolute atomic E-state index is 0.643. The predicted octanol–water partition coefficient (Wildman–Crippen LogP) is 3.14. The molecule has 94 valence electrons. The normalized spacial score (nSPS) is 10.3. The molecule has 0 unspecified atom stereocenters. The lowest BCUT2D eigenvalue weighted by Crippen LogP contribution is -2.13. The summed E-state index contributed by atoms with van der Waals surface area (Å²) in [6.45, 7) is 1.62. The van der Waals surface area contributed by atoms with Crippen LogP contribution in [-0.2, 0) is 13.1 Å². The minimum Gasteiger partial charge on any atom is -0.481 e. The van der Waals surface area contributed by atoms with E-state index in [1.54, 1.807) is 7.11 Å². The summed E-state index contributed by atoms with van der Waals surface area (Å²) in [7, 11) is 1.62. The van der Waals surface area contributed by atoms with Crippen molar-refractivity contribution in [3.8, 4) is 5.88 Å². The van der Waals surface area contributed by atoms with E-state index in [2.05, 4.69) is 32.3 Å². The quantitative estimate of drug-likeness (QED) is 0.921. The first-order valence-electron chi connectivity index (χ1n) is 5.72. The van der Waals surface area contributed by atoms with Crippen molar-refractivity contribution < 1.29 is 4.74 Å². The van der Waals surface area contributed by atoms with Crippen LogP contribution in [0.25, 0.3) is 0 Å². The largest absolute Gasteiger partial charge is 0.481 e. The number of rotatable bonds is 5. The molecule has 2 aromatic rings. The molecule has 1 heterocycles. The van der Waals surface area contributed by atoms with Gasteiger partial charge in [0.25, 0.3) is 0 Å². The predicted molar refractivity (Wildman–Crippen MR) is 75.5 cm³/mol. The Kier molecular flexibility index (Phi) is 4.73. The summed E-state index contributed by atoms with van der Waals surface area (Å²) >= 11 is 3.53. The lowest BCUT2D eigenvalue weighted by atomic mass is 10.2. The van der Waals surface area contributed by atoms with E-state index in [9.17, 15) is 0 Å². The molecule has 1 N–H and O–H groups in total. The molecule has 2 rings (SSSR count). The number of hydrogen-bond donors (Lipinski definition) is 1. The van der Waals surface area contributed by atoms with Gasteiger partial charge in [-0.25, -0.2) is 4.98 Å². The van der Waals surface area contributed by atoms with Gasteiger partial charge < -0.3 is 10.1 Å². The zero-order valence-corrected chi connectivity index (χ0v) is 11.8. The van der Waals surface area contributed by atoms with Gasteiger partial charge in [-0.1, -0.05) is 40.2 Å². The fourth-order valence-electron chi connectivity index (χ4n) is 1.62. The number of pyridine rings is 1. The van der Waals surface area contributed by atoms with Crippen molar-refractivity contribution in [1.82, 2.24) is 10.3 Å². The smallest absolute Gasteiger partial charge is 0.212 e. The van der Waals surface area contributed by atoms with Gasteiger partial charge in [0.2, 0.25) is 5.88 Å². The van der Waals surface area contributed by atoms with E-state index in [0.717, 1.165) is 23.1 Å². The SMILES string of the molecule is COc1ccc(CNCc2ccccc2Br)cn1. The number of nitrogens with one attached hydrogen (secondary N) is 1. The molecule has 0 radical (unpaired) electrons. The molecule has 0 aliphatic rings. The van der Waals surface area contributed by atoms with Gasteiger partial charge in [-0.15, -0.1) is 0 Å². The Morgan fingerprint density at radius 2 is 2.00 bits per heavy atom. The minimum atomic E-state index is 0.643. The summed E-state index contributed by atoms with van der Waals surface area (Å²) in [4.78, 5) is 4.17. The van der Waals surface area contributed by atoms with E-state index in [1.807, 2.05) is 36.5 Å². The maximum atomic E-state index is 5.02. The van der Waals surface area contributed by atoms with Crippen LogP contribution in [0, 0.1) is 0 Å². The van der Waals surface area contributed by atoms with Gasteiger partial charge in [0, 0.05) is 29.8 Å². The van der Waals surface area contributed by atoms with Gasteiger partial charge in [-0.3, -0.25) is 0 Å². The van der Waals surface area contributed by atoms with Crippen molar-refractivity contribution in [3.63, 3.8) is 0 Å². The zero-order chi connectivity index (χ0) is 12.8. The Bertz CT molecular complexity index is 499. The molecular weight excluding hydrogens is 292 g/mol. The Balaban J connectivity index is 1.86. The van der Waals surface area contributed by atoms with E-state index >= 15 is 0 Å². The number of methoxy groups -OCH3 is 1. The van der Waals surface area contributed by atoms with Gasteiger partial charge in [0.15, 0.2) is 0 Å². The molecule has 0 spiro atoms. The average Bonchev–Trinajstić information content (AvgIpc) is 2.42. The third-order valence-corrected chi connectivity index (χ3v) is 3.38. The highest BCUT2D eigenvalue weighted by Crippen LogP contribution is 2.15. The highest BCUT2D eigenvalue weighted by molar-refractivity contribution is 9.10. The fourth-order valence-corrected chi connectivity index (χ4v) is 2.04. The standard InChI is InChI=1S/C14H15BrN2O/c1-18-14-7-6-11(9-17-14)8-16-10-12-4-2-3-5-13(12)15/h2-7,9,16H,8,10H2,1H3.